The average Bonchev–Trinajstić information content (AvgIpc) is 2.36. The van der Waals surface area contributed by atoms with Gasteiger partial charge >= 0.3 is 0 Å². The summed E-state index contributed by atoms with van der Waals surface area (Å²) in [5, 5.41) is 0. The maximum atomic E-state index is 13.7. The number of benzene rings is 1. The van der Waals surface area contributed by atoms with E-state index in [-0.39, 0.29) is 18.0 Å². The number of nitrogens with two attached hydrogens (primary N) is 1. The summed E-state index contributed by atoms with van der Waals surface area (Å²) in [6.45, 7) is 4.67. The van der Waals surface area contributed by atoms with Crippen molar-refractivity contribution < 1.29 is 13.9 Å². The Hall–Kier alpha value is -1.17. The Morgan fingerprint density at radius 1 is 1.58 bits per heavy atom. The van der Waals surface area contributed by atoms with Gasteiger partial charge in [0.25, 0.3) is 0 Å². The van der Waals surface area contributed by atoms with Gasteiger partial charge in [-0.05, 0) is 20.0 Å². The monoisotopic (exact) mass is 268 g/mol. The summed E-state index contributed by atoms with van der Waals surface area (Å²) in [6.07, 6.45) is 0.0370. The van der Waals surface area contributed by atoms with Gasteiger partial charge in [0.1, 0.15) is 24.3 Å². The normalized spacial score (nSPS) is 22.2. The Morgan fingerprint density at radius 2 is 2.37 bits per heavy atom. The molecule has 19 heavy (non-hydrogen) atoms. The van der Waals surface area contributed by atoms with Crippen molar-refractivity contribution in [2.75, 3.05) is 33.4 Å². The van der Waals surface area contributed by atoms with Gasteiger partial charge in [-0.15, -0.1) is 0 Å². The Kier molecular flexibility index (Phi) is 4.74. The molecule has 1 fully saturated rings. The Labute approximate surface area is 113 Å². The zero-order valence-corrected chi connectivity index (χ0v) is 11.4. The summed E-state index contributed by atoms with van der Waals surface area (Å²) in [4.78, 5) is 2.19. The zero-order valence-electron chi connectivity index (χ0n) is 11.4. The Balaban J connectivity index is 1.91. The molecule has 1 aliphatic heterocycles. The molecule has 0 aliphatic carbocycles. The van der Waals surface area contributed by atoms with E-state index in [0.29, 0.717) is 24.5 Å². The molecular weight excluding hydrogens is 247 g/mol. The molecule has 0 bridgehead atoms. The lowest BCUT2D eigenvalue weighted by Gasteiger charge is -2.29. The molecule has 2 unspecified atom stereocenters. The number of likely N-dealkylation sites (N-methyl/N-ethyl adjacent to an activating group) is 1. The van der Waals surface area contributed by atoms with Gasteiger partial charge in [0, 0.05) is 30.8 Å². The first-order valence-electron chi connectivity index (χ1n) is 6.54. The fraction of sp³-hybridized carbons (Fsp3) is 0.571. The molecule has 0 spiro atoms. The van der Waals surface area contributed by atoms with E-state index in [1.807, 2.05) is 7.05 Å². The lowest BCUT2D eigenvalue weighted by atomic mass is 10.1. The van der Waals surface area contributed by atoms with Crippen LogP contribution in [0.15, 0.2) is 18.2 Å². The standard InChI is InChI=1S/C14H21FN2O2/c1-10(16)13-4-3-11(7-14(13)15)19-9-12-8-17(2)5-6-18-12/h3-4,7,10,12H,5-6,8-9,16H2,1-2H3. The van der Waals surface area contributed by atoms with Crippen molar-refractivity contribution in [1.29, 1.82) is 0 Å². The molecule has 2 rings (SSSR count). The molecule has 0 aromatic heterocycles. The third-order valence-electron chi connectivity index (χ3n) is 3.24. The largest absolute Gasteiger partial charge is 0.491 e. The van der Waals surface area contributed by atoms with Crippen LogP contribution in [0.5, 0.6) is 5.75 Å². The Bertz CT molecular complexity index is 426. The summed E-state index contributed by atoms with van der Waals surface area (Å²) in [5.74, 6) is 0.188. The van der Waals surface area contributed by atoms with E-state index in [0.717, 1.165) is 13.1 Å². The van der Waals surface area contributed by atoms with E-state index < -0.39 is 0 Å². The SMILES string of the molecule is CC(N)c1ccc(OCC2CN(C)CCO2)cc1F. The molecular formula is C14H21FN2O2. The second-order valence-electron chi connectivity index (χ2n) is 5.04. The van der Waals surface area contributed by atoms with E-state index in [1.165, 1.54) is 6.07 Å². The van der Waals surface area contributed by atoms with E-state index in [4.69, 9.17) is 15.2 Å². The van der Waals surface area contributed by atoms with Crippen LogP contribution in [-0.2, 0) is 4.74 Å². The summed E-state index contributed by atoms with van der Waals surface area (Å²) in [6, 6.07) is 4.48. The highest BCUT2D eigenvalue weighted by molar-refractivity contribution is 5.30. The summed E-state index contributed by atoms with van der Waals surface area (Å²) < 4.78 is 24.9. The van der Waals surface area contributed by atoms with Crippen molar-refractivity contribution in [2.45, 2.75) is 19.1 Å². The van der Waals surface area contributed by atoms with E-state index in [9.17, 15) is 4.39 Å². The molecule has 1 aliphatic rings. The topological polar surface area (TPSA) is 47.7 Å². The minimum Gasteiger partial charge on any atom is -0.491 e. The summed E-state index contributed by atoms with van der Waals surface area (Å²) in [5.41, 5.74) is 6.17. The van der Waals surface area contributed by atoms with Gasteiger partial charge in [0.2, 0.25) is 0 Å². The molecule has 1 aromatic rings. The van der Waals surface area contributed by atoms with Gasteiger partial charge < -0.3 is 20.1 Å². The molecule has 0 radical (unpaired) electrons. The van der Waals surface area contributed by atoms with Crippen LogP contribution in [0.3, 0.4) is 0 Å². The molecule has 1 saturated heterocycles. The number of nitrogens with zero attached hydrogens (tertiary/aromatic N) is 1. The molecule has 2 atom stereocenters. The van der Waals surface area contributed by atoms with Crippen molar-refractivity contribution in [2.24, 2.45) is 5.73 Å². The molecule has 1 aromatic carbocycles. The fourth-order valence-corrected chi connectivity index (χ4v) is 2.12. The van der Waals surface area contributed by atoms with Crippen molar-refractivity contribution in [3.63, 3.8) is 0 Å². The first-order valence-corrected chi connectivity index (χ1v) is 6.54. The second-order valence-corrected chi connectivity index (χ2v) is 5.04. The third-order valence-corrected chi connectivity index (χ3v) is 3.24. The zero-order chi connectivity index (χ0) is 13.8. The lowest BCUT2D eigenvalue weighted by Crippen LogP contribution is -2.42. The van der Waals surface area contributed by atoms with Crippen LogP contribution in [-0.4, -0.2) is 44.4 Å². The number of ether oxygens (including phenoxy) is 2. The first kappa shape index (κ1) is 14.2. The van der Waals surface area contributed by atoms with Crippen molar-refractivity contribution in [3.05, 3.63) is 29.6 Å². The molecule has 4 nitrogen and oxygen atoms in total. The number of hydrogen-bond donors (Lipinski definition) is 1. The molecule has 2 N–H and O–H groups in total. The highest BCUT2D eigenvalue weighted by atomic mass is 19.1. The second kappa shape index (κ2) is 6.32. The number of morpholine rings is 1. The van der Waals surface area contributed by atoms with Gasteiger partial charge in [0.15, 0.2) is 0 Å². The van der Waals surface area contributed by atoms with Crippen LogP contribution >= 0.6 is 0 Å². The van der Waals surface area contributed by atoms with E-state index in [2.05, 4.69) is 4.90 Å². The van der Waals surface area contributed by atoms with Crippen molar-refractivity contribution >= 4 is 0 Å². The van der Waals surface area contributed by atoms with Gasteiger partial charge in [-0.25, -0.2) is 4.39 Å². The molecule has 5 heteroatoms. The Morgan fingerprint density at radius 3 is 3.00 bits per heavy atom. The number of hydrogen-bond acceptors (Lipinski definition) is 4. The van der Waals surface area contributed by atoms with Crippen LogP contribution in [0.4, 0.5) is 4.39 Å². The smallest absolute Gasteiger partial charge is 0.131 e. The minimum absolute atomic E-state index is 0.0370. The molecule has 1 heterocycles. The number of rotatable bonds is 4. The summed E-state index contributed by atoms with van der Waals surface area (Å²) in [7, 11) is 2.05. The van der Waals surface area contributed by atoms with E-state index >= 15 is 0 Å². The highest BCUT2D eigenvalue weighted by Gasteiger charge is 2.18. The fourth-order valence-electron chi connectivity index (χ4n) is 2.12. The number of halogens is 1. The first-order chi connectivity index (χ1) is 9.06. The lowest BCUT2D eigenvalue weighted by molar-refractivity contribution is -0.0403. The van der Waals surface area contributed by atoms with Crippen molar-refractivity contribution in [1.82, 2.24) is 4.90 Å². The van der Waals surface area contributed by atoms with Gasteiger partial charge in [0.05, 0.1) is 6.61 Å². The van der Waals surface area contributed by atoms with Crippen molar-refractivity contribution in [3.8, 4) is 5.75 Å². The predicted molar refractivity (Wildman–Crippen MR) is 71.7 cm³/mol. The average molecular weight is 268 g/mol. The van der Waals surface area contributed by atoms with Crippen LogP contribution in [0.1, 0.15) is 18.5 Å². The van der Waals surface area contributed by atoms with Crippen LogP contribution < -0.4 is 10.5 Å². The summed E-state index contributed by atoms with van der Waals surface area (Å²) >= 11 is 0. The van der Waals surface area contributed by atoms with Gasteiger partial charge in [-0.2, -0.15) is 0 Å². The van der Waals surface area contributed by atoms with Crippen LogP contribution in [0.25, 0.3) is 0 Å². The molecule has 106 valence electrons. The molecule has 0 saturated carbocycles. The van der Waals surface area contributed by atoms with Crippen LogP contribution in [0, 0.1) is 5.82 Å². The minimum atomic E-state index is -0.325. The quantitative estimate of drug-likeness (QED) is 0.900. The maximum Gasteiger partial charge on any atom is 0.131 e. The highest BCUT2D eigenvalue weighted by Crippen LogP contribution is 2.21. The van der Waals surface area contributed by atoms with Gasteiger partial charge in [-0.1, -0.05) is 6.07 Å². The van der Waals surface area contributed by atoms with Gasteiger partial charge in [-0.3, -0.25) is 0 Å². The molecule has 0 amide bonds. The maximum absolute atomic E-state index is 13.7. The third kappa shape index (κ3) is 3.89. The van der Waals surface area contributed by atoms with Crippen LogP contribution in [0.2, 0.25) is 0 Å². The van der Waals surface area contributed by atoms with E-state index in [1.54, 1.807) is 19.1 Å². The predicted octanol–water partition coefficient (Wildman–Crippen LogP) is 1.55.